The van der Waals surface area contributed by atoms with Gasteiger partial charge in [0.05, 0.1) is 27.0 Å². The van der Waals surface area contributed by atoms with Crippen LogP contribution in [0.5, 0.6) is 0 Å². The Bertz CT molecular complexity index is 1220. The standard InChI is InChI=1S/C24H24ClN3O/c1-24(2)17-9-6-13(14-10-15-7-8-16(11-14)26-15)12-20(17)28-19-5-3-4-18(25)21(19)22(29)27-23(24)28/h3-6,9,12,14-16,26H,7-8,10-11H2,1-2H3. The highest BCUT2D eigenvalue weighted by Gasteiger charge is 2.40. The molecule has 3 aliphatic heterocycles. The first-order valence-electron chi connectivity index (χ1n) is 10.6. The summed E-state index contributed by atoms with van der Waals surface area (Å²) < 4.78 is 2.16. The molecular weight excluding hydrogens is 382 g/mol. The van der Waals surface area contributed by atoms with Crippen molar-refractivity contribution in [3.63, 3.8) is 0 Å². The van der Waals surface area contributed by atoms with Crippen LogP contribution in [-0.4, -0.2) is 21.6 Å². The van der Waals surface area contributed by atoms with Gasteiger partial charge in [-0.25, -0.2) is 0 Å². The van der Waals surface area contributed by atoms with Gasteiger partial charge in [0.15, 0.2) is 0 Å². The fraction of sp³-hybridized carbons (Fsp3) is 0.417. The molecule has 0 aliphatic carbocycles. The van der Waals surface area contributed by atoms with Crippen LogP contribution < -0.4 is 10.9 Å². The van der Waals surface area contributed by atoms with Crippen LogP contribution in [0.15, 0.2) is 41.2 Å². The molecule has 0 radical (unpaired) electrons. The molecule has 1 N–H and O–H groups in total. The molecule has 3 aromatic rings. The van der Waals surface area contributed by atoms with Crippen LogP contribution in [0.4, 0.5) is 0 Å². The van der Waals surface area contributed by atoms with Gasteiger partial charge in [-0.05, 0) is 74.8 Å². The van der Waals surface area contributed by atoms with Crippen molar-refractivity contribution in [2.45, 2.75) is 62.9 Å². The summed E-state index contributed by atoms with van der Waals surface area (Å²) in [6.45, 7) is 4.30. The number of fused-ring (bicyclic) bond motifs is 7. The van der Waals surface area contributed by atoms with Crippen LogP contribution in [0.2, 0.25) is 5.02 Å². The Balaban J connectivity index is 1.58. The van der Waals surface area contributed by atoms with Crippen molar-refractivity contribution in [3.8, 4) is 5.69 Å². The molecule has 0 amide bonds. The van der Waals surface area contributed by atoms with E-state index < -0.39 is 0 Å². The summed E-state index contributed by atoms with van der Waals surface area (Å²) in [6.07, 6.45) is 5.02. The fourth-order valence-electron chi connectivity index (χ4n) is 5.86. The summed E-state index contributed by atoms with van der Waals surface area (Å²) in [6, 6.07) is 13.9. The number of hydrogen-bond donors (Lipinski definition) is 1. The zero-order valence-corrected chi connectivity index (χ0v) is 17.5. The highest BCUT2D eigenvalue weighted by atomic mass is 35.5. The van der Waals surface area contributed by atoms with E-state index in [1.807, 2.05) is 12.1 Å². The van der Waals surface area contributed by atoms with E-state index >= 15 is 0 Å². The van der Waals surface area contributed by atoms with Crippen molar-refractivity contribution in [3.05, 3.63) is 68.7 Å². The molecule has 148 valence electrons. The van der Waals surface area contributed by atoms with E-state index in [4.69, 9.17) is 11.6 Å². The molecule has 29 heavy (non-hydrogen) atoms. The van der Waals surface area contributed by atoms with Crippen LogP contribution >= 0.6 is 11.6 Å². The number of nitrogens with zero attached hydrogens (tertiary/aromatic N) is 2. The highest BCUT2D eigenvalue weighted by molar-refractivity contribution is 6.35. The molecule has 2 saturated heterocycles. The number of nitrogens with one attached hydrogen (secondary N) is 1. The number of piperidine rings is 1. The summed E-state index contributed by atoms with van der Waals surface area (Å²) in [7, 11) is 0. The second kappa shape index (κ2) is 5.93. The molecule has 1 aromatic heterocycles. The van der Waals surface area contributed by atoms with Crippen molar-refractivity contribution >= 4 is 22.5 Å². The number of rotatable bonds is 1. The molecule has 2 atom stereocenters. The fourth-order valence-corrected chi connectivity index (χ4v) is 6.11. The zero-order valence-electron chi connectivity index (χ0n) is 16.7. The van der Waals surface area contributed by atoms with Crippen molar-refractivity contribution in [2.24, 2.45) is 0 Å². The number of aromatic nitrogens is 2. The zero-order chi connectivity index (χ0) is 19.9. The average molecular weight is 406 g/mol. The first-order chi connectivity index (χ1) is 13.9. The third kappa shape index (κ3) is 2.42. The Labute approximate surface area is 174 Å². The van der Waals surface area contributed by atoms with Gasteiger partial charge < -0.3 is 5.32 Å². The third-order valence-corrected chi connectivity index (χ3v) is 7.62. The van der Waals surface area contributed by atoms with Crippen molar-refractivity contribution in [1.29, 1.82) is 0 Å². The van der Waals surface area contributed by atoms with E-state index in [0.29, 0.717) is 28.4 Å². The van der Waals surface area contributed by atoms with Crippen LogP contribution in [-0.2, 0) is 5.41 Å². The lowest BCUT2D eigenvalue weighted by molar-refractivity contribution is 0.363. The van der Waals surface area contributed by atoms with E-state index in [1.54, 1.807) is 6.07 Å². The Morgan fingerprint density at radius 2 is 1.90 bits per heavy atom. The molecule has 0 spiro atoms. The van der Waals surface area contributed by atoms with Gasteiger partial charge in [0.25, 0.3) is 5.56 Å². The summed E-state index contributed by atoms with van der Waals surface area (Å²) >= 11 is 6.39. The van der Waals surface area contributed by atoms with E-state index in [2.05, 4.69) is 46.9 Å². The van der Waals surface area contributed by atoms with Crippen LogP contribution in [0, 0.1) is 0 Å². The molecule has 4 heterocycles. The molecular formula is C24H24ClN3O. The Hall–Kier alpha value is -2.17. The van der Waals surface area contributed by atoms with Gasteiger partial charge in [-0.15, -0.1) is 0 Å². The largest absolute Gasteiger partial charge is 0.311 e. The van der Waals surface area contributed by atoms with Crippen molar-refractivity contribution in [1.82, 2.24) is 14.9 Å². The van der Waals surface area contributed by atoms with Gasteiger partial charge >= 0.3 is 0 Å². The van der Waals surface area contributed by atoms with Gasteiger partial charge in [-0.3, -0.25) is 9.36 Å². The molecule has 2 aromatic carbocycles. The van der Waals surface area contributed by atoms with Crippen LogP contribution in [0.1, 0.15) is 62.4 Å². The Morgan fingerprint density at radius 1 is 1.14 bits per heavy atom. The second-order valence-electron chi connectivity index (χ2n) is 9.42. The van der Waals surface area contributed by atoms with E-state index in [-0.39, 0.29) is 11.0 Å². The van der Waals surface area contributed by atoms with Gasteiger partial charge in [-0.1, -0.05) is 29.8 Å². The maximum absolute atomic E-state index is 12.8. The normalized spacial score (nSPS) is 26.5. The van der Waals surface area contributed by atoms with Crippen molar-refractivity contribution < 1.29 is 0 Å². The monoisotopic (exact) mass is 405 g/mol. The van der Waals surface area contributed by atoms with Gasteiger partial charge in [-0.2, -0.15) is 4.98 Å². The molecule has 2 bridgehead atoms. The number of hydrogen-bond acceptors (Lipinski definition) is 3. The predicted octanol–water partition coefficient (Wildman–Crippen LogP) is 4.68. The van der Waals surface area contributed by atoms with E-state index in [9.17, 15) is 4.79 Å². The van der Waals surface area contributed by atoms with E-state index in [0.717, 1.165) is 17.0 Å². The molecule has 2 unspecified atom stereocenters. The number of halogens is 1. The Morgan fingerprint density at radius 3 is 2.66 bits per heavy atom. The summed E-state index contributed by atoms with van der Waals surface area (Å²) in [5.41, 5.74) is 4.05. The van der Waals surface area contributed by atoms with Gasteiger partial charge in [0.1, 0.15) is 5.82 Å². The second-order valence-corrected chi connectivity index (χ2v) is 9.82. The van der Waals surface area contributed by atoms with Gasteiger partial charge in [0, 0.05) is 12.1 Å². The minimum absolute atomic E-state index is 0.243. The smallest absolute Gasteiger partial charge is 0.282 e. The maximum atomic E-state index is 12.8. The minimum Gasteiger partial charge on any atom is -0.311 e. The number of benzene rings is 2. The molecule has 5 heteroatoms. The summed E-state index contributed by atoms with van der Waals surface area (Å²) in [4.78, 5) is 17.3. The molecule has 3 aliphatic rings. The molecule has 6 rings (SSSR count). The lowest BCUT2D eigenvalue weighted by Crippen LogP contribution is -2.37. The van der Waals surface area contributed by atoms with Gasteiger partial charge in [0.2, 0.25) is 0 Å². The molecule has 0 saturated carbocycles. The predicted molar refractivity (Wildman–Crippen MR) is 116 cm³/mol. The van der Waals surface area contributed by atoms with E-state index in [1.165, 1.54) is 36.8 Å². The maximum Gasteiger partial charge on any atom is 0.282 e. The van der Waals surface area contributed by atoms with Crippen LogP contribution in [0.3, 0.4) is 0 Å². The highest BCUT2D eigenvalue weighted by Crippen LogP contribution is 2.45. The lowest BCUT2D eigenvalue weighted by Gasteiger charge is -2.30. The van der Waals surface area contributed by atoms with Crippen molar-refractivity contribution in [2.75, 3.05) is 0 Å². The topological polar surface area (TPSA) is 46.9 Å². The lowest BCUT2D eigenvalue weighted by atomic mass is 9.82. The Kier molecular flexibility index (Phi) is 3.61. The summed E-state index contributed by atoms with van der Waals surface area (Å²) in [5.74, 6) is 1.39. The third-order valence-electron chi connectivity index (χ3n) is 7.31. The molecule has 4 nitrogen and oxygen atoms in total. The quantitative estimate of drug-likeness (QED) is 0.639. The first kappa shape index (κ1) is 17.7. The molecule has 2 fully saturated rings. The average Bonchev–Trinajstić information content (AvgIpc) is 3.15. The first-order valence-corrected chi connectivity index (χ1v) is 10.9. The van der Waals surface area contributed by atoms with Crippen LogP contribution in [0.25, 0.3) is 16.6 Å². The SMILES string of the molecule is CC1(C)c2ccc(C3CC4CCC(C3)N4)cc2-n2c1nc(=O)c1c(Cl)cccc12. The summed E-state index contributed by atoms with van der Waals surface area (Å²) in [5, 5.41) is 4.71. The minimum atomic E-state index is -0.323.